The summed E-state index contributed by atoms with van der Waals surface area (Å²) >= 11 is 0. The summed E-state index contributed by atoms with van der Waals surface area (Å²) < 4.78 is 10.9. The van der Waals surface area contributed by atoms with Crippen molar-refractivity contribution in [3.8, 4) is 5.75 Å². The monoisotopic (exact) mass is 275 g/mol. The van der Waals surface area contributed by atoms with Crippen LogP contribution in [0.3, 0.4) is 0 Å². The second-order valence-electron chi connectivity index (χ2n) is 5.71. The molecule has 2 aliphatic heterocycles. The Kier molecular flexibility index (Phi) is 3.92. The molecule has 0 radical (unpaired) electrons. The number of carbonyl (C=O) groups excluding carboxylic acids is 1. The zero-order chi connectivity index (χ0) is 13.9. The van der Waals surface area contributed by atoms with Crippen LogP contribution in [-0.2, 0) is 16.0 Å². The van der Waals surface area contributed by atoms with Crippen LogP contribution < -0.4 is 10.1 Å². The summed E-state index contributed by atoms with van der Waals surface area (Å²) in [5.74, 6) is 0.593. The number of para-hydroxylation sites is 1. The molecule has 4 heteroatoms. The normalized spacial score (nSPS) is 28.1. The van der Waals surface area contributed by atoms with Crippen LogP contribution in [-0.4, -0.2) is 31.3 Å². The predicted octanol–water partition coefficient (Wildman–Crippen LogP) is 2.06. The largest absolute Gasteiger partial charge is 0.490 e. The average Bonchev–Trinajstić information content (AvgIpc) is 2.80. The number of piperidine rings is 1. The van der Waals surface area contributed by atoms with Crippen LogP contribution >= 0.6 is 0 Å². The van der Waals surface area contributed by atoms with Crippen LogP contribution in [0.2, 0.25) is 0 Å². The van der Waals surface area contributed by atoms with Crippen LogP contribution in [0.1, 0.15) is 31.2 Å². The van der Waals surface area contributed by atoms with E-state index in [-0.39, 0.29) is 18.5 Å². The molecule has 0 spiro atoms. The highest BCUT2D eigenvalue weighted by atomic mass is 16.5. The third kappa shape index (κ3) is 2.96. The fraction of sp³-hybridized carbons (Fsp3) is 0.562. The van der Waals surface area contributed by atoms with Crippen molar-refractivity contribution in [3.63, 3.8) is 0 Å². The summed E-state index contributed by atoms with van der Waals surface area (Å²) in [5.41, 5.74) is 0.908. The molecule has 0 aromatic heterocycles. The minimum absolute atomic E-state index is 0.230. The number of methoxy groups -OCH3 is 1. The van der Waals surface area contributed by atoms with E-state index in [1.165, 1.54) is 20.0 Å². The third-order valence-corrected chi connectivity index (χ3v) is 4.26. The molecule has 2 heterocycles. The molecule has 2 bridgehead atoms. The molecular formula is C16H21NO3. The number of hydrogen-bond acceptors (Lipinski definition) is 4. The van der Waals surface area contributed by atoms with E-state index in [9.17, 15) is 4.79 Å². The standard InChI is InChI=1S/C16H21NO3/c1-19-16(18)8-11-4-2-3-5-15(11)20-14-9-12-6-7-13(10-14)17-12/h2-5,12-14,17H,6-10H2,1H3. The summed E-state index contributed by atoms with van der Waals surface area (Å²) in [4.78, 5) is 11.5. The number of benzene rings is 1. The molecule has 108 valence electrons. The second-order valence-corrected chi connectivity index (χ2v) is 5.71. The summed E-state index contributed by atoms with van der Waals surface area (Å²) in [5, 5.41) is 3.61. The Balaban J connectivity index is 1.69. The van der Waals surface area contributed by atoms with Gasteiger partial charge in [-0.3, -0.25) is 4.79 Å². The van der Waals surface area contributed by atoms with Gasteiger partial charge in [0.05, 0.1) is 13.5 Å². The Morgan fingerprint density at radius 3 is 2.65 bits per heavy atom. The lowest BCUT2D eigenvalue weighted by molar-refractivity contribution is -0.139. The molecule has 1 N–H and O–H groups in total. The highest BCUT2D eigenvalue weighted by Gasteiger charge is 2.34. The van der Waals surface area contributed by atoms with E-state index in [2.05, 4.69) is 5.32 Å². The number of nitrogens with one attached hydrogen (secondary N) is 1. The Morgan fingerprint density at radius 1 is 1.25 bits per heavy atom. The maximum Gasteiger partial charge on any atom is 0.310 e. The summed E-state index contributed by atoms with van der Waals surface area (Å²) in [6.07, 6.45) is 5.16. The smallest absolute Gasteiger partial charge is 0.310 e. The lowest BCUT2D eigenvalue weighted by Gasteiger charge is -2.30. The molecule has 2 aliphatic rings. The number of carbonyl (C=O) groups is 1. The topological polar surface area (TPSA) is 47.6 Å². The minimum atomic E-state index is -0.230. The Morgan fingerprint density at radius 2 is 1.95 bits per heavy atom. The lowest BCUT2D eigenvalue weighted by atomic mass is 10.0. The van der Waals surface area contributed by atoms with Gasteiger partial charge in [0.25, 0.3) is 0 Å². The lowest BCUT2D eigenvalue weighted by Crippen LogP contribution is -2.42. The molecule has 2 fully saturated rings. The maximum atomic E-state index is 11.5. The van der Waals surface area contributed by atoms with Crippen LogP contribution in [0.5, 0.6) is 5.75 Å². The molecule has 1 aromatic rings. The van der Waals surface area contributed by atoms with Gasteiger partial charge < -0.3 is 14.8 Å². The van der Waals surface area contributed by atoms with Gasteiger partial charge >= 0.3 is 5.97 Å². The zero-order valence-corrected chi connectivity index (χ0v) is 11.8. The van der Waals surface area contributed by atoms with Crippen LogP contribution in [0.25, 0.3) is 0 Å². The highest BCUT2D eigenvalue weighted by molar-refractivity contribution is 5.73. The van der Waals surface area contributed by atoms with Crippen molar-refractivity contribution in [2.24, 2.45) is 0 Å². The molecule has 3 rings (SSSR count). The fourth-order valence-electron chi connectivity index (χ4n) is 3.27. The van der Waals surface area contributed by atoms with Gasteiger partial charge in [-0.2, -0.15) is 0 Å². The first-order valence-corrected chi connectivity index (χ1v) is 7.32. The van der Waals surface area contributed by atoms with Gasteiger partial charge in [0.15, 0.2) is 0 Å². The van der Waals surface area contributed by atoms with Gasteiger partial charge in [-0.05, 0) is 31.7 Å². The van der Waals surface area contributed by atoms with E-state index in [1.807, 2.05) is 24.3 Å². The van der Waals surface area contributed by atoms with Gasteiger partial charge in [0, 0.05) is 17.6 Å². The second kappa shape index (κ2) is 5.83. The average molecular weight is 275 g/mol. The van der Waals surface area contributed by atoms with E-state index in [0.29, 0.717) is 12.1 Å². The predicted molar refractivity (Wildman–Crippen MR) is 75.8 cm³/mol. The van der Waals surface area contributed by atoms with Crippen molar-refractivity contribution < 1.29 is 14.3 Å². The van der Waals surface area contributed by atoms with Crippen molar-refractivity contribution in [2.45, 2.75) is 50.3 Å². The van der Waals surface area contributed by atoms with Crippen molar-refractivity contribution >= 4 is 5.97 Å². The Bertz CT molecular complexity index is 476. The number of fused-ring (bicyclic) bond motifs is 2. The van der Waals surface area contributed by atoms with Gasteiger partial charge in [-0.1, -0.05) is 18.2 Å². The molecule has 2 saturated heterocycles. The molecule has 1 aromatic carbocycles. The summed E-state index contributed by atoms with van der Waals surface area (Å²) in [6.45, 7) is 0. The van der Waals surface area contributed by atoms with Crippen LogP contribution in [0.4, 0.5) is 0 Å². The Hall–Kier alpha value is -1.55. The van der Waals surface area contributed by atoms with Crippen molar-refractivity contribution in [2.75, 3.05) is 7.11 Å². The van der Waals surface area contributed by atoms with E-state index in [0.717, 1.165) is 24.2 Å². The summed E-state index contributed by atoms with van der Waals surface area (Å²) in [7, 11) is 1.41. The third-order valence-electron chi connectivity index (χ3n) is 4.26. The van der Waals surface area contributed by atoms with Gasteiger partial charge in [-0.25, -0.2) is 0 Å². The quantitative estimate of drug-likeness (QED) is 0.855. The minimum Gasteiger partial charge on any atom is -0.490 e. The molecule has 2 unspecified atom stereocenters. The molecule has 4 nitrogen and oxygen atoms in total. The van der Waals surface area contributed by atoms with Crippen LogP contribution in [0.15, 0.2) is 24.3 Å². The first kappa shape index (κ1) is 13.4. The zero-order valence-electron chi connectivity index (χ0n) is 11.8. The number of esters is 1. The first-order chi connectivity index (χ1) is 9.74. The molecule has 0 amide bonds. The number of ether oxygens (including phenoxy) is 2. The van der Waals surface area contributed by atoms with Crippen molar-refractivity contribution in [1.29, 1.82) is 0 Å². The molecular weight excluding hydrogens is 254 g/mol. The van der Waals surface area contributed by atoms with Crippen LogP contribution in [0, 0.1) is 0 Å². The number of hydrogen-bond donors (Lipinski definition) is 1. The summed E-state index contributed by atoms with van der Waals surface area (Å²) in [6, 6.07) is 8.96. The molecule has 20 heavy (non-hydrogen) atoms. The van der Waals surface area contributed by atoms with Crippen molar-refractivity contribution in [1.82, 2.24) is 5.32 Å². The van der Waals surface area contributed by atoms with E-state index >= 15 is 0 Å². The molecule has 2 atom stereocenters. The SMILES string of the molecule is COC(=O)Cc1ccccc1OC1CC2CCC(C1)N2. The van der Waals surface area contributed by atoms with Gasteiger partial charge in [0.2, 0.25) is 0 Å². The van der Waals surface area contributed by atoms with E-state index in [1.54, 1.807) is 0 Å². The highest BCUT2D eigenvalue weighted by Crippen LogP contribution is 2.30. The first-order valence-electron chi connectivity index (χ1n) is 7.32. The van der Waals surface area contributed by atoms with Crippen molar-refractivity contribution in [3.05, 3.63) is 29.8 Å². The fourth-order valence-corrected chi connectivity index (χ4v) is 3.27. The molecule has 0 saturated carbocycles. The number of rotatable bonds is 4. The van der Waals surface area contributed by atoms with Gasteiger partial charge in [-0.15, -0.1) is 0 Å². The maximum absolute atomic E-state index is 11.5. The van der Waals surface area contributed by atoms with Gasteiger partial charge in [0.1, 0.15) is 11.9 Å². The van der Waals surface area contributed by atoms with E-state index in [4.69, 9.17) is 9.47 Å². The Labute approximate surface area is 119 Å². The van der Waals surface area contributed by atoms with E-state index < -0.39 is 0 Å². The molecule has 0 aliphatic carbocycles.